The number of hydrogen-bond acceptors (Lipinski definition) is 6. The second-order valence-corrected chi connectivity index (χ2v) is 7.55. The van der Waals surface area contributed by atoms with Gasteiger partial charge in [-0.15, -0.1) is 0 Å². The molecule has 0 saturated heterocycles. The number of ether oxygens (including phenoxy) is 1. The van der Waals surface area contributed by atoms with E-state index in [1.165, 1.54) is 38.5 Å². The minimum atomic E-state index is -4.78. The number of carbonyl (C=O) groups excluding carboxylic acids is 1. The average molecular weight is 408 g/mol. The van der Waals surface area contributed by atoms with E-state index < -0.39 is 33.7 Å². The number of unbranched alkanes of at least 4 members (excludes halogenated alkanes) is 9. The summed E-state index contributed by atoms with van der Waals surface area (Å²) in [5.41, 5.74) is 0. The molecule has 0 fully saturated rings. The van der Waals surface area contributed by atoms with Crippen molar-refractivity contribution in [1.29, 1.82) is 0 Å². The Labute approximate surface area is 179 Å². The number of hydrogen-bond donors (Lipinski definition) is 3. The van der Waals surface area contributed by atoms with Crippen molar-refractivity contribution < 1.29 is 32.4 Å². The second kappa shape index (κ2) is 18.2. The third kappa shape index (κ3) is 17.2. The van der Waals surface area contributed by atoms with Gasteiger partial charge in [-0.3, -0.25) is 14.1 Å². The van der Waals surface area contributed by atoms with Crippen molar-refractivity contribution >= 4 is 51.6 Å². The van der Waals surface area contributed by atoms with E-state index in [1.54, 1.807) is 0 Å². The van der Waals surface area contributed by atoms with Crippen molar-refractivity contribution in [2.75, 3.05) is 6.61 Å². The van der Waals surface area contributed by atoms with Crippen molar-refractivity contribution in [3.8, 4) is 0 Å². The Morgan fingerprint density at radius 1 is 0.923 bits per heavy atom. The zero-order valence-corrected chi connectivity index (χ0v) is 15.9. The van der Waals surface area contributed by atoms with Gasteiger partial charge in [0.2, 0.25) is 0 Å². The van der Waals surface area contributed by atoms with Crippen LogP contribution in [-0.4, -0.2) is 71.4 Å². The molecule has 8 nitrogen and oxygen atoms in total. The summed E-state index contributed by atoms with van der Waals surface area (Å²) in [5, 5.41) is 6.52. The summed E-state index contributed by atoms with van der Waals surface area (Å²) in [5.74, 6) is -2.70. The van der Waals surface area contributed by atoms with Crippen LogP contribution in [0.2, 0.25) is 0 Å². The first-order chi connectivity index (χ1) is 11.3. The van der Waals surface area contributed by atoms with Gasteiger partial charge in [0.25, 0.3) is 10.1 Å². The topological polar surface area (TPSA) is 153 Å². The fourth-order valence-electron chi connectivity index (χ4n) is 2.32. The van der Waals surface area contributed by atoms with Crippen LogP contribution in [0.15, 0.2) is 0 Å². The Bertz CT molecular complexity index is 471. The number of carboxylic acid groups (broad SMARTS) is 1. The van der Waals surface area contributed by atoms with Gasteiger partial charge in [-0.05, 0) is 6.42 Å². The molecule has 5 N–H and O–H groups in total. The van der Waals surface area contributed by atoms with Crippen LogP contribution in [0.1, 0.15) is 77.6 Å². The molecule has 0 aliphatic carbocycles. The monoisotopic (exact) mass is 407 g/mol. The summed E-state index contributed by atoms with van der Waals surface area (Å²) in [6, 6.07) is 0. The molecule has 0 aliphatic heterocycles. The summed E-state index contributed by atoms with van der Waals surface area (Å²) in [4.78, 5) is 22.1. The van der Waals surface area contributed by atoms with Gasteiger partial charge < -0.3 is 16.0 Å². The van der Waals surface area contributed by atoms with E-state index in [1.807, 2.05) is 0 Å². The van der Waals surface area contributed by atoms with Crippen molar-refractivity contribution in [3.05, 3.63) is 0 Å². The Morgan fingerprint density at radius 3 is 1.73 bits per heavy atom. The van der Waals surface area contributed by atoms with E-state index in [0.717, 1.165) is 19.3 Å². The molecule has 0 aromatic rings. The number of rotatable bonds is 15. The Balaban J connectivity index is -0.00000264. The van der Waals surface area contributed by atoms with E-state index >= 15 is 0 Å². The Morgan fingerprint density at radius 2 is 1.35 bits per heavy atom. The third-order valence-corrected chi connectivity index (χ3v) is 4.80. The second-order valence-electron chi connectivity index (χ2n) is 5.95. The molecule has 0 aromatic carbocycles. The van der Waals surface area contributed by atoms with E-state index in [4.69, 9.17) is 14.4 Å². The van der Waals surface area contributed by atoms with Crippen LogP contribution in [0, 0.1) is 0 Å². The van der Waals surface area contributed by atoms with Gasteiger partial charge in [0, 0.05) is 0 Å². The molecule has 152 valence electrons. The van der Waals surface area contributed by atoms with Gasteiger partial charge in [0.15, 0.2) is 5.25 Å². The van der Waals surface area contributed by atoms with Crippen molar-refractivity contribution in [2.45, 2.75) is 82.8 Å². The first-order valence-corrected chi connectivity index (χ1v) is 10.1. The van der Waals surface area contributed by atoms with Crippen molar-refractivity contribution in [3.63, 3.8) is 0 Å². The predicted octanol–water partition coefficient (Wildman–Crippen LogP) is 2.70. The molecule has 0 aromatic heterocycles. The van der Waals surface area contributed by atoms with Crippen LogP contribution in [0.5, 0.6) is 0 Å². The molecule has 1 atom stereocenters. The zero-order chi connectivity index (χ0) is 18.4. The van der Waals surface area contributed by atoms with E-state index in [2.05, 4.69) is 6.92 Å². The fourth-order valence-corrected chi connectivity index (χ4v) is 2.99. The summed E-state index contributed by atoms with van der Waals surface area (Å²) < 4.78 is 35.6. The van der Waals surface area contributed by atoms with Crippen LogP contribution < -0.4 is 6.15 Å². The van der Waals surface area contributed by atoms with Crippen LogP contribution in [0.25, 0.3) is 0 Å². The molecule has 10 heteroatoms. The van der Waals surface area contributed by atoms with E-state index in [-0.39, 0.29) is 42.3 Å². The molecule has 0 heterocycles. The maximum atomic E-state index is 11.6. The number of carbonyl (C=O) groups is 2. The zero-order valence-electron chi connectivity index (χ0n) is 15.1. The quantitative estimate of drug-likeness (QED) is 0.162. The van der Waals surface area contributed by atoms with Gasteiger partial charge in [-0.25, -0.2) is 0 Å². The van der Waals surface area contributed by atoms with Crippen LogP contribution in [0.4, 0.5) is 0 Å². The Hall–Kier alpha value is -0.190. The standard InChI is InChI=1S/C16H30O7S.H3N.Na.H/c1-2-3-4-5-6-7-8-9-10-11-12-23-16(19)14(13-15(17)18)24(20,21)22;;;/h14H,2-13H2,1H3,(H,17,18)(H,20,21,22);1H3;;. The van der Waals surface area contributed by atoms with Gasteiger partial charge in [0.05, 0.1) is 13.0 Å². The summed E-state index contributed by atoms with van der Waals surface area (Å²) in [6.45, 7) is 2.22. The molecule has 0 spiro atoms. The first kappa shape index (κ1) is 30.5. The first-order valence-electron chi connectivity index (χ1n) is 8.63. The van der Waals surface area contributed by atoms with Gasteiger partial charge >= 0.3 is 41.5 Å². The Kier molecular flexibility index (Phi) is 21.4. The van der Waals surface area contributed by atoms with E-state index in [9.17, 15) is 18.0 Å². The molecule has 0 rings (SSSR count). The SMILES string of the molecule is CCCCCCCCCCCCOC(=O)C(CC(=O)O)S(=O)(=O)O.N.[NaH]. The molecule has 0 radical (unpaired) electrons. The summed E-state index contributed by atoms with van der Waals surface area (Å²) in [6.07, 6.45) is 10.1. The van der Waals surface area contributed by atoms with E-state index in [0.29, 0.717) is 6.42 Å². The van der Waals surface area contributed by atoms with Crippen LogP contribution in [-0.2, 0) is 24.4 Å². The fraction of sp³-hybridized carbons (Fsp3) is 0.875. The number of aliphatic carboxylic acids is 1. The maximum absolute atomic E-state index is 11.6. The predicted molar refractivity (Wildman–Crippen MR) is 103 cm³/mol. The molecule has 0 aliphatic rings. The molecule has 0 amide bonds. The third-order valence-electron chi connectivity index (χ3n) is 3.72. The van der Waals surface area contributed by atoms with Crippen LogP contribution >= 0.6 is 0 Å². The minimum absolute atomic E-state index is 0. The molecule has 26 heavy (non-hydrogen) atoms. The molecule has 1 unspecified atom stereocenters. The molecule has 0 bridgehead atoms. The normalized spacial score (nSPS) is 11.8. The van der Waals surface area contributed by atoms with Crippen molar-refractivity contribution in [1.82, 2.24) is 6.15 Å². The summed E-state index contributed by atoms with van der Waals surface area (Å²) >= 11 is 0. The van der Waals surface area contributed by atoms with Gasteiger partial charge in [-0.1, -0.05) is 64.7 Å². The number of esters is 1. The van der Waals surface area contributed by atoms with Gasteiger partial charge in [-0.2, -0.15) is 8.42 Å². The molecular weight excluding hydrogens is 373 g/mol. The van der Waals surface area contributed by atoms with Crippen LogP contribution in [0.3, 0.4) is 0 Å². The number of carboxylic acids is 1. The molecular formula is C16H34NNaO7S. The van der Waals surface area contributed by atoms with Gasteiger partial charge in [0.1, 0.15) is 0 Å². The summed E-state index contributed by atoms with van der Waals surface area (Å²) in [7, 11) is -4.78. The average Bonchev–Trinajstić information content (AvgIpc) is 2.48. The van der Waals surface area contributed by atoms with Crippen molar-refractivity contribution in [2.24, 2.45) is 0 Å². The molecule has 0 saturated carbocycles.